The highest BCUT2D eigenvalue weighted by Gasteiger charge is 2.10. The molecule has 0 saturated heterocycles. The molecule has 0 aliphatic carbocycles. The Hall–Kier alpha value is -0.910. The minimum absolute atomic E-state index is 0.423. The van der Waals surface area contributed by atoms with Gasteiger partial charge in [-0.15, -0.1) is 11.3 Å². The maximum Gasteiger partial charge on any atom is 0.131 e. The van der Waals surface area contributed by atoms with E-state index in [1.165, 1.54) is 0 Å². The van der Waals surface area contributed by atoms with Gasteiger partial charge >= 0.3 is 0 Å². The van der Waals surface area contributed by atoms with Gasteiger partial charge in [0.25, 0.3) is 0 Å². The zero-order valence-corrected chi connectivity index (χ0v) is 13.3. The minimum atomic E-state index is -0.551. The number of ether oxygens (including phenoxy) is 1. The van der Waals surface area contributed by atoms with Crippen LogP contribution in [0, 0.1) is 0 Å². The molecule has 19 heavy (non-hydrogen) atoms. The van der Waals surface area contributed by atoms with E-state index in [1.807, 2.05) is 23.6 Å². The molecule has 102 valence electrons. The molecule has 0 aliphatic heterocycles. The van der Waals surface area contributed by atoms with Crippen molar-refractivity contribution in [2.45, 2.75) is 33.0 Å². The smallest absolute Gasteiger partial charge is 0.131 e. The minimum Gasteiger partial charge on any atom is -0.487 e. The van der Waals surface area contributed by atoms with Crippen LogP contribution in [0.5, 0.6) is 5.75 Å². The largest absolute Gasteiger partial charge is 0.487 e. The van der Waals surface area contributed by atoms with Crippen molar-refractivity contribution in [3.8, 4) is 5.75 Å². The fraction of sp³-hybridized carbons (Fsp3) is 0.357. The van der Waals surface area contributed by atoms with Gasteiger partial charge in [-0.3, -0.25) is 0 Å². The summed E-state index contributed by atoms with van der Waals surface area (Å²) in [5, 5.41) is 12.9. The molecule has 1 aromatic carbocycles. The summed E-state index contributed by atoms with van der Waals surface area (Å²) in [6.45, 7) is 4.24. The quantitative estimate of drug-likeness (QED) is 0.890. The van der Waals surface area contributed by atoms with Gasteiger partial charge in [-0.25, -0.2) is 4.98 Å². The molecule has 1 aromatic heterocycles. The van der Waals surface area contributed by atoms with Crippen LogP contribution in [-0.4, -0.2) is 10.1 Å². The first-order valence-electron chi connectivity index (χ1n) is 6.13. The van der Waals surface area contributed by atoms with E-state index in [0.717, 1.165) is 27.2 Å². The van der Waals surface area contributed by atoms with Crippen molar-refractivity contribution < 1.29 is 9.84 Å². The second kappa shape index (κ2) is 6.50. The van der Waals surface area contributed by atoms with E-state index in [9.17, 15) is 5.11 Å². The molecule has 2 rings (SSSR count). The normalized spacial score (nSPS) is 12.4. The molecule has 0 spiro atoms. The molecule has 0 saturated carbocycles. The Labute approximate surface area is 125 Å². The number of halogens is 1. The number of nitrogens with zero attached hydrogens (tertiary/aromatic N) is 1. The predicted octanol–water partition coefficient (Wildman–Crippen LogP) is 4.10. The average Bonchev–Trinajstić information content (AvgIpc) is 2.84. The first-order valence-corrected chi connectivity index (χ1v) is 7.81. The van der Waals surface area contributed by atoms with Crippen LogP contribution in [0.1, 0.15) is 36.2 Å². The molecule has 0 radical (unpaired) electrons. The summed E-state index contributed by atoms with van der Waals surface area (Å²) in [5.41, 5.74) is 1.72. The lowest BCUT2D eigenvalue weighted by molar-refractivity contribution is 0.190. The fourth-order valence-electron chi connectivity index (χ4n) is 1.71. The summed E-state index contributed by atoms with van der Waals surface area (Å²) >= 11 is 5.06. The first-order chi connectivity index (χ1) is 9.10. The van der Waals surface area contributed by atoms with Gasteiger partial charge in [0.05, 0.1) is 16.8 Å². The van der Waals surface area contributed by atoms with Crippen molar-refractivity contribution in [1.29, 1.82) is 0 Å². The fourth-order valence-corrected chi connectivity index (χ4v) is 2.78. The van der Waals surface area contributed by atoms with E-state index in [1.54, 1.807) is 18.3 Å². The molecular weight excluding hydrogens is 326 g/mol. The number of hydrogen-bond donors (Lipinski definition) is 1. The van der Waals surface area contributed by atoms with Gasteiger partial charge in [0, 0.05) is 15.4 Å². The predicted molar refractivity (Wildman–Crippen MR) is 80.6 cm³/mol. The highest BCUT2D eigenvalue weighted by Crippen LogP contribution is 2.29. The molecule has 0 fully saturated rings. The lowest BCUT2D eigenvalue weighted by Gasteiger charge is -2.13. The molecule has 0 unspecified atom stereocenters. The third-order valence-electron chi connectivity index (χ3n) is 2.70. The molecular formula is C14H16BrNO2S. The van der Waals surface area contributed by atoms with E-state index >= 15 is 0 Å². The molecule has 2 aromatic rings. The third kappa shape index (κ3) is 3.78. The molecule has 3 nitrogen and oxygen atoms in total. The Morgan fingerprint density at radius 3 is 2.89 bits per heavy atom. The second-order valence-electron chi connectivity index (χ2n) is 4.23. The van der Waals surface area contributed by atoms with Gasteiger partial charge in [0.2, 0.25) is 0 Å². The Bertz CT molecular complexity index is 554. The number of aryl methyl sites for hydroxylation is 1. The van der Waals surface area contributed by atoms with Crippen LogP contribution in [0.4, 0.5) is 0 Å². The van der Waals surface area contributed by atoms with Gasteiger partial charge < -0.3 is 9.84 Å². The molecule has 1 atom stereocenters. The number of thiazole rings is 1. The number of aliphatic hydroxyl groups is 1. The summed E-state index contributed by atoms with van der Waals surface area (Å²) in [5.74, 6) is 0.690. The van der Waals surface area contributed by atoms with Gasteiger partial charge in [0.15, 0.2) is 0 Å². The summed E-state index contributed by atoms with van der Waals surface area (Å²) in [6, 6.07) is 5.63. The maximum absolute atomic E-state index is 9.73. The zero-order chi connectivity index (χ0) is 13.8. The van der Waals surface area contributed by atoms with Gasteiger partial charge in [-0.1, -0.05) is 28.9 Å². The zero-order valence-electron chi connectivity index (χ0n) is 10.9. The summed E-state index contributed by atoms with van der Waals surface area (Å²) in [6.07, 6.45) is 0.394. The average molecular weight is 342 g/mol. The Balaban J connectivity index is 2.12. The lowest BCUT2D eigenvalue weighted by atomic mass is 10.1. The topological polar surface area (TPSA) is 42.4 Å². The number of rotatable bonds is 5. The van der Waals surface area contributed by atoms with Crippen molar-refractivity contribution in [3.05, 3.63) is 44.3 Å². The number of hydrogen-bond acceptors (Lipinski definition) is 4. The second-order valence-corrected chi connectivity index (χ2v) is 6.09. The van der Waals surface area contributed by atoms with Crippen molar-refractivity contribution in [1.82, 2.24) is 4.98 Å². The molecule has 1 heterocycles. The molecule has 0 bridgehead atoms. The lowest BCUT2D eigenvalue weighted by Crippen LogP contribution is -2.01. The standard InChI is InChI=1S/C14H16BrNO2S/c1-3-14-16-11(8-19-14)7-18-13-6-10(15)4-5-12(13)9(2)17/h4-6,8-9,17H,3,7H2,1-2H3/t9-/m0/s1. The SMILES string of the molecule is CCc1nc(COc2cc(Br)ccc2[C@H](C)O)cs1. The summed E-state index contributed by atoms with van der Waals surface area (Å²) in [7, 11) is 0. The van der Waals surface area contributed by atoms with Crippen molar-refractivity contribution >= 4 is 27.3 Å². The highest BCUT2D eigenvalue weighted by atomic mass is 79.9. The maximum atomic E-state index is 9.73. The number of benzene rings is 1. The van der Waals surface area contributed by atoms with Crippen molar-refractivity contribution in [2.75, 3.05) is 0 Å². The van der Waals surface area contributed by atoms with E-state index in [2.05, 4.69) is 27.8 Å². The Kier molecular flexibility index (Phi) is 4.96. The van der Waals surface area contributed by atoms with E-state index in [4.69, 9.17) is 4.74 Å². The van der Waals surface area contributed by atoms with Crippen molar-refractivity contribution in [2.24, 2.45) is 0 Å². The van der Waals surface area contributed by atoms with E-state index in [-0.39, 0.29) is 0 Å². The first kappa shape index (κ1) is 14.5. The van der Waals surface area contributed by atoms with Crippen LogP contribution in [0.25, 0.3) is 0 Å². The van der Waals surface area contributed by atoms with E-state index < -0.39 is 6.10 Å². The molecule has 0 amide bonds. The monoisotopic (exact) mass is 341 g/mol. The number of aliphatic hydroxyl groups excluding tert-OH is 1. The number of aromatic nitrogens is 1. The molecule has 1 N–H and O–H groups in total. The summed E-state index contributed by atoms with van der Waals surface area (Å²) in [4.78, 5) is 4.46. The Morgan fingerprint density at radius 1 is 1.47 bits per heavy atom. The van der Waals surface area contributed by atoms with Crippen LogP contribution in [0.2, 0.25) is 0 Å². The Morgan fingerprint density at radius 2 is 2.26 bits per heavy atom. The van der Waals surface area contributed by atoms with E-state index in [0.29, 0.717) is 12.4 Å². The molecule has 5 heteroatoms. The third-order valence-corrected chi connectivity index (χ3v) is 4.24. The van der Waals surface area contributed by atoms with Gasteiger partial charge in [-0.05, 0) is 25.5 Å². The van der Waals surface area contributed by atoms with Crippen LogP contribution >= 0.6 is 27.3 Å². The highest BCUT2D eigenvalue weighted by molar-refractivity contribution is 9.10. The van der Waals surface area contributed by atoms with Crippen molar-refractivity contribution in [3.63, 3.8) is 0 Å². The van der Waals surface area contributed by atoms with Gasteiger partial charge in [0.1, 0.15) is 12.4 Å². The van der Waals surface area contributed by atoms with Gasteiger partial charge in [-0.2, -0.15) is 0 Å². The van der Waals surface area contributed by atoms with Crippen LogP contribution < -0.4 is 4.74 Å². The van der Waals surface area contributed by atoms with Crippen LogP contribution in [0.3, 0.4) is 0 Å². The van der Waals surface area contributed by atoms with Crippen LogP contribution in [0.15, 0.2) is 28.1 Å². The molecule has 0 aliphatic rings. The van der Waals surface area contributed by atoms with Crippen LogP contribution in [-0.2, 0) is 13.0 Å². The summed E-state index contributed by atoms with van der Waals surface area (Å²) < 4.78 is 6.71.